The minimum Gasteiger partial charge on any atom is -0.339 e. The summed E-state index contributed by atoms with van der Waals surface area (Å²) in [6.07, 6.45) is 0. The largest absolute Gasteiger partial charge is 0.339 e. The molecule has 0 fully saturated rings. The first-order chi connectivity index (χ1) is 11.5. The van der Waals surface area contributed by atoms with E-state index in [1.807, 2.05) is 0 Å². The molecular formula is C15H12Cl3N5O. The van der Waals surface area contributed by atoms with E-state index in [0.717, 1.165) is 11.1 Å². The van der Waals surface area contributed by atoms with Gasteiger partial charge in [-0.05, 0) is 35.9 Å². The molecule has 0 radical (unpaired) electrons. The number of aromatic amines is 1. The number of nitrogens with zero attached hydrogens (tertiary/aromatic N) is 2. The molecule has 0 saturated heterocycles. The number of imidazole rings is 1. The van der Waals surface area contributed by atoms with Crippen LogP contribution >= 0.6 is 34.8 Å². The van der Waals surface area contributed by atoms with E-state index in [1.54, 1.807) is 30.3 Å². The van der Waals surface area contributed by atoms with Gasteiger partial charge in [0.25, 0.3) is 0 Å². The number of pyridine rings is 1. The van der Waals surface area contributed by atoms with Gasteiger partial charge in [0.2, 0.25) is 0 Å². The van der Waals surface area contributed by atoms with Crippen LogP contribution in [0.15, 0.2) is 30.3 Å². The number of benzene rings is 1. The fraction of sp³-hybridized carbons (Fsp3) is 0.133. The molecular weight excluding hydrogens is 373 g/mol. The second-order valence-corrected chi connectivity index (χ2v) is 6.26. The average Bonchev–Trinajstić information content (AvgIpc) is 2.92. The second-order valence-electron chi connectivity index (χ2n) is 5.00. The number of amides is 2. The highest BCUT2D eigenvalue weighted by atomic mass is 35.5. The first-order valence-electron chi connectivity index (χ1n) is 6.97. The molecule has 0 aliphatic rings. The van der Waals surface area contributed by atoms with Crippen molar-refractivity contribution in [1.82, 2.24) is 25.6 Å². The summed E-state index contributed by atoms with van der Waals surface area (Å²) in [6, 6.07) is 8.23. The van der Waals surface area contributed by atoms with Crippen LogP contribution in [0.2, 0.25) is 15.2 Å². The van der Waals surface area contributed by atoms with Gasteiger partial charge in [0.15, 0.2) is 5.65 Å². The molecule has 2 amide bonds. The maximum absolute atomic E-state index is 11.9. The average molecular weight is 385 g/mol. The first-order valence-corrected chi connectivity index (χ1v) is 8.11. The Morgan fingerprint density at radius 1 is 1.00 bits per heavy atom. The monoisotopic (exact) mass is 383 g/mol. The van der Waals surface area contributed by atoms with E-state index in [-0.39, 0.29) is 12.6 Å². The predicted molar refractivity (Wildman–Crippen MR) is 94.4 cm³/mol. The number of H-pyrrole nitrogens is 1. The fourth-order valence-electron chi connectivity index (χ4n) is 2.12. The van der Waals surface area contributed by atoms with Crippen LogP contribution < -0.4 is 10.6 Å². The first kappa shape index (κ1) is 16.8. The van der Waals surface area contributed by atoms with E-state index in [4.69, 9.17) is 34.8 Å². The summed E-state index contributed by atoms with van der Waals surface area (Å²) < 4.78 is 0. The minimum atomic E-state index is -0.336. The zero-order valence-corrected chi connectivity index (χ0v) is 14.5. The number of urea groups is 1. The minimum absolute atomic E-state index is 0.232. The van der Waals surface area contributed by atoms with Gasteiger partial charge in [-0.2, -0.15) is 0 Å². The molecule has 3 N–H and O–H groups in total. The fourth-order valence-corrected chi connectivity index (χ4v) is 2.84. The van der Waals surface area contributed by atoms with Crippen molar-refractivity contribution in [1.29, 1.82) is 0 Å². The lowest BCUT2D eigenvalue weighted by Gasteiger charge is -2.07. The van der Waals surface area contributed by atoms with Crippen molar-refractivity contribution in [2.75, 3.05) is 0 Å². The highest BCUT2D eigenvalue weighted by Gasteiger charge is 2.07. The van der Waals surface area contributed by atoms with Crippen molar-refractivity contribution in [3.05, 3.63) is 56.9 Å². The zero-order valence-electron chi connectivity index (χ0n) is 12.2. The van der Waals surface area contributed by atoms with E-state index in [2.05, 4.69) is 25.6 Å². The Morgan fingerprint density at radius 2 is 1.71 bits per heavy atom. The van der Waals surface area contributed by atoms with E-state index in [0.29, 0.717) is 33.2 Å². The Kier molecular flexibility index (Phi) is 5.08. The Hall–Kier alpha value is -2.02. The second kappa shape index (κ2) is 7.25. The number of carbonyl (C=O) groups excluding carboxylic acids is 1. The molecule has 0 atom stereocenters. The van der Waals surface area contributed by atoms with Crippen molar-refractivity contribution in [2.45, 2.75) is 13.1 Å². The summed E-state index contributed by atoms with van der Waals surface area (Å²) in [6.45, 7) is 0.541. The van der Waals surface area contributed by atoms with E-state index < -0.39 is 0 Å². The highest BCUT2D eigenvalue weighted by Crippen LogP contribution is 2.18. The quantitative estimate of drug-likeness (QED) is 0.596. The summed E-state index contributed by atoms with van der Waals surface area (Å²) in [7, 11) is 0. The van der Waals surface area contributed by atoms with Crippen LogP contribution in [0.3, 0.4) is 0 Å². The molecule has 3 aromatic rings. The Balaban J connectivity index is 1.54. The molecule has 0 bridgehead atoms. The van der Waals surface area contributed by atoms with Gasteiger partial charge in [-0.1, -0.05) is 34.8 Å². The maximum atomic E-state index is 11.9. The van der Waals surface area contributed by atoms with Crippen LogP contribution in [0.5, 0.6) is 0 Å². The summed E-state index contributed by atoms with van der Waals surface area (Å²) in [5.74, 6) is 0.584. The van der Waals surface area contributed by atoms with Crippen molar-refractivity contribution in [3.8, 4) is 0 Å². The Bertz CT molecular complexity index is 876. The topological polar surface area (TPSA) is 82.7 Å². The van der Waals surface area contributed by atoms with Gasteiger partial charge in [0, 0.05) is 16.6 Å². The third-order valence-corrected chi connectivity index (χ3v) is 3.80. The molecule has 1 aromatic carbocycles. The molecule has 3 rings (SSSR count). The molecule has 24 heavy (non-hydrogen) atoms. The van der Waals surface area contributed by atoms with Crippen LogP contribution in [0, 0.1) is 0 Å². The maximum Gasteiger partial charge on any atom is 0.315 e. The Morgan fingerprint density at radius 3 is 2.46 bits per heavy atom. The normalized spacial score (nSPS) is 10.8. The van der Waals surface area contributed by atoms with Gasteiger partial charge < -0.3 is 15.6 Å². The van der Waals surface area contributed by atoms with Gasteiger partial charge in [-0.25, -0.2) is 14.8 Å². The lowest BCUT2D eigenvalue weighted by atomic mass is 10.2. The van der Waals surface area contributed by atoms with Crippen LogP contribution in [0.25, 0.3) is 11.2 Å². The molecule has 2 aromatic heterocycles. The molecule has 0 unspecified atom stereocenters. The predicted octanol–water partition coefficient (Wildman–Crippen LogP) is 3.92. The zero-order chi connectivity index (χ0) is 17.1. The van der Waals surface area contributed by atoms with Gasteiger partial charge in [0.1, 0.15) is 11.0 Å². The van der Waals surface area contributed by atoms with Crippen LogP contribution in [-0.4, -0.2) is 21.0 Å². The number of hydrogen-bond donors (Lipinski definition) is 3. The standard InChI is InChI=1S/C15H12Cl3N5O/c16-9-3-8(4-10(17)5-9)6-19-15(24)20-7-13-21-11-1-2-12(18)22-14(11)23-13/h1-5H,6-7H2,(H2,19,20,24)(H,21,22,23). The van der Waals surface area contributed by atoms with Crippen molar-refractivity contribution >= 4 is 52.0 Å². The summed E-state index contributed by atoms with van der Waals surface area (Å²) in [4.78, 5) is 23.3. The molecule has 0 spiro atoms. The van der Waals surface area contributed by atoms with Gasteiger partial charge >= 0.3 is 6.03 Å². The van der Waals surface area contributed by atoms with Crippen LogP contribution in [-0.2, 0) is 13.1 Å². The number of halogens is 3. The summed E-state index contributed by atoms with van der Waals surface area (Å²) >= 11 is 17.6. The molecule has 6 nitrogen and oxygen atoms in total. The van der Waals surface area contributed by atoms with E-state index in [9.17, 15) is 4.79 Å². The number of carbonyl (C=O) groups is 1. The van der Waals surface area contributed by atoms with Gasteiger partial charge in [0.05, 0.1) is 12.1 Å². The van der Waals surface area contributed by atoms with E-state index >= 15 is 0 Å². The third kappa shape index (κ3) is 4.29. The third-order valence-electron chi connectivity index (χ3n) is 3.15. The van der Waals surface area contributed by atoms with Gasteiger partial charge in [-0.3, -0.25) is 0 Å². The molecule has 0 aliphatic heterocycles. The van der Waals surface area contributed by atoms with Crippen LogP contribution in [0.1, 0.15) is 11.4 Å². The van der Waals surface area contributed by atoms with Crippen molar-refractivity contribution in [2.24, 2.45) is 0 Å². The number of nitrogens with one attached hydrogen (secondary N) is 3. The lowest BCUT2D eigenvalue weighted by molar-refractivity contribution is 0.240. The van der Waals surface area contributed by atoms with Gasteiger partial charge in [-0.15, -0.1) is 0 Å². The highest BCUT2D eigenvalue weighted by molar-refractivity contribution is 6.34. The van der Waals surface area contributed by atoms with Crippen molar-refractivity contribution in [3.63, 3.8) is 0 Å². The number of aromatic nitrogens is 3. The summed E-state index contributed by atoms with van der Waals surface area (Å²) in [5, 5.41) is 6.83. The van der Waals surface area contributed by atoms with E-state index in [1.165, 1.54) is 0 Å². The summed E-state index contributed by atoms with van der Waals surface area (Å²) in [5.41, 5.74) is 2.07. The molecule has 0 aliphatic carbocycles. The SMILES string of the molecule is O=C(NCc1cc(Cl)cc(Cl)c1)NCc1nc2nc(Cl)ccc2[nH]1. The smallest absolute Gasteiger partial charge is 0.315 e. The van der Waals surface area contributed by atoms with Crippen molar-refractivity contribution < 1.29 is 4.79 Å². The molecule has 2 heterocycles. The molecule has 124 valence electrons. The molecule has 0 saturated carbocycles. The molecule has 9 heteroatoms. The van der Waals surface area contributed by atoms with Crippen LogP contribution in [0.4, 0.5) is 4.79 Å². The lowest BCUT2D eigenvalue weighted by Crippen LogP contribution is -2.34. The number of hydrogen-bond acceptors (Lipinski definition) is 3. The number of fused-ring (bicyclic) bond motifs is 1. The Labute approximate surface area is 152 Å². The number of rotatable bonds is 4.